The molecule has 0 bridgehead atoms. The highest BCUT2D eigenvalue weighted by atomic mass is 32.2. The molecule has 2 aromatic rings. The molecule has 1 aromatic carbocycles. The minimum absolute atomic E-state index is 0.107. The Morgan fingerprint density at radius 1 is 1.33 bits per heavy atom. The molecule has 1 unspecified atom stereocenters. The summed E-state index contributed by atoms with van der Waals surface area (Å²) in [7, 11) is -1.56. The molecule has 0 aliphatic rings. The number of carboxylic acids is 1. The van der Waals surface area contributed by atoms with Crippen molar-refractivity contribution in [2.24, 2.45) is 0 Å². The van der Waals surface area contributed by atoms with Crippen LogP contribution >= 0.6 is 0 Å². The lowest BCUT2D eigenvalue weighted by molar-refractivity contribution is -0.384. The predicted molar refractivity (Wildman–Crippen MR) is 72.2 cm³/mol. The van der Waals surface area contributed by atoms with Gasteiger partial charge in [-0.05, 0) is 12.1 Å². The Bertz CT molecular complexity index is 717. The molecule has 0 saturated carbocycles. The first kappa shape index (κ1) is 14.7. The van der Waals surface area contributed by atoms with Gasteiger partial charge in [-0.2, -0.15) is 0 Å². The Morgan fingerprint density at radius 2 is 2.00 bits per heavy atom. The van der Waals surface area contributed by atoms with Crippen molar-refractivity contribution < 1.29 is 19.0 Å². The molecule has 9 heteroatoms. The van der Waals surface area contributed by atoms with Crippen LogP contribution in [0, 0.1) is 10.1 Å². The number of carboxylic acid groups (broad SMARTS) is 1. The van der Waals surface area contributed by atoms with Crippen molar-refractivity contribution in [1.29, 1.82) is 0 Å². The summed E-state index contributed by atoms with van der Waals surface area (Å²) in [6.45, 7) is 0. The lowest BCUT2D eigenvalue weighted by Gasteiger charge is -2.04. The molecule has 1 N–H and O–H groups in total. The first-order valence-electron chi connectivity index (χ1n) is 5.64. The van der Waals surface area contributed by atoms with Crippen LogP contribution in [0.4, 0.5) is 5.69 Å². The number of aromatic nitrogens is 2. The number of aromatic carboxylic acids is 1. The van der Waals surface area contributed by atoms with Gasteiger partial charge in [0.05, 0.1) is 27.2 Å². The number of carbonyl (C=O) groups is 1. The second kappa shape index (κ2) is 6.18. The van der Waals surface area contributed by atoms with Crippen molar-refractivity contribution in [1.82, 2.24) is 9.97 Å². The van der Waals surface area contributed by atoms with Gasteiger partial charge < -0.3 is 5.11 Å². The molecular weight excluding hydrogens is 298 g/mol. The zero-order chi connectivity index (χ0) is 15.4. The zero-order valence-electron chi connectivity index (χ0n) is 10.5. The minimum Gasteiger partial charge on any atom is -0.478 e. The van der Waals surface area contributed by atoms with Gasteiger partial charge in [0.1, 0.15) is 11.9 Å². The number of non-ortho nitro benzene ring substituents is 1. The largest absolute Gasteiger partial charge is 0.478 e. The number of nitro benzene ring substituents is 1. The second-order valence-corrected chi connectivity index (χ2v) is 5.38. The average Bonchev–Trinajstić information content (AvgIpc) is 2.47. The lowest BCUT2D eigenvalue weighted by Crippen LogP contribution is -2.08. The van der Waals surface area contributed by atoms with E-state index in [1.807, 2.05) is 0 Å². The van der Waals surface area contributed by atoms with Crippen molar-refractivity contribution in [2.45, 2.75) is 10.6 Å². The lowest BCUT2D eigenvalue weighted by atomic mass is 10.2. The number of rotatable bonds is 5. The molecule has 0 aliphatic heterocycles. The molecule has 21 heavy (non-hydrogen) atoms. The molecule has 1 atom stereocenters. The van der Waals surface area contributed by atoms with E-state index in [4.69, 9.17) is 5.11 Å². The standard InChI is InChI=1S/C12H9N3O5S/c16-12(17)10-5-13-7-14-11(10)6-21(20)9-3-1-8(2-4-9)15(18)19/h1-5,7H,6H2,(H,16,17). The summed E-state index contributed by atoms with van der Waals surface area (Å²) in [5, 5.41) is 19.5. The fraction of sp³-hybridized carbons (Fsp3) is 0.0833. The first-order chi connectivity index (χ1) is 9.99. The van der Waals surface area contributed by atoms with E-state index in [9.17, 15) is 19.1 Å². The van der Waals surface area contributed by atoms with Crippen LogP contribution in [0.3, 0.4) is 0 Å². The van der Waals surface area contributed by atoms with Gasteiger partial charge in [-0.1, -0.05) is 0 Å². The predicted octanol–water partition coefficient (Wildman–Crippen LogP) is 1.39. The van der Waals surface area contributed by atoms with Gasteiger partial charge in [-0.3, -0.25) is 14.3 Å². The fourth-order valence-corrected chi connectivity index (χ4v) is 2.66. The maximum absolute atomic E-state index is 12.2. The summed E-state index contributed by atoms with van der Waals surface area (Å²) in [4.78, 5) is 28.8. The van der Waals surface area contributed by atoms with E-state index in [0.29, 0.717) is 4.90 Å². The van der Waals surface area contributed by atoms with E-state index < -0.39 is 21.7 Å². The third-order valence-electron chi connectivity index (χ3n) is 2.60. The summed E-state index contributed by atoms with van der Waals surface area (Å²) >= 11 is 0. The minimum atomic E-state index is -1.56. The van der Waals surface area contributed by atoms with E-state index >= 15 is 0 Å². The molecule has 0 aliphatic carbocycles. The molecule has 8 nitrogen and oxygen atoms in total. The van der Waals surface area contributed by atoms with Crippen molar-refractivity contribution in [3.8, 4) is 0 Å². The van der Waals surface area contributed by atoms with E-state index in [-0.39, 0.29) is 22.7 Å². The summed E-state index contributed by atoms with van der Waals surface area (Å²) < 4.78 is 12.2. The molecule has 0 amide bonds. The van der Waals surface area contributed by atoms with Gasteiger partial charge in [0, 0.05) is 23.2 Å². The van der Waals surface area contributed by atoms with Crippen molar-refractivity contribution >= 4 is 22.5 Å². The van der Waals surface area contributed by atoms with Gasteiger partial charge in [0.25, 0.3) is 5.69 Å². The Morgan fingerprint density at radius 3 is 2.57 bits per heavy atom. The van der Waals surface area contributed by atoms with Crippen LogP contribution in [-0.4, -0.2) is 30.2 Å². The smallest absolute Gasteiger partial charge is 0.339 e. The molecule has 1 aromatic heterocycles. The Kier molecular flexibility index (Phi) is 4.33. The van der Waals surface area contributed by atoms with Crippen LogP contribution in [-0.2, 0) is 16.6 Å². The zero-order valence-corrected chi connectivity index (χ0v) is 11.3. The topological polar surface area (TPSA) is 123 Å². The number of hydrogen-bond donors (Lipinski definition) is 1. The quantitative estimate of drug-likeness (QED) is 0.653. The molecule has 0 saturated heterocycles. The van der Waals surface area contributed by atoms with Crippen LogP contribution in [0.2, 0.25) is 0 Å². The van der Waals surface area contributed by atoms with E-state index in [1.165, 1.54) is 30.6 Å². The van der Waals surface area contributed by atoms with Crippen LogP contribution in [0.15, 0.2) is 41.7 Å². The SMILES string of the molecule is O=C(O)c1cncnc1CS(=O)c1ccc([N+](=O)[O-])cc1. The maximum atomic E-state index is 12.2. The van der Waals surface area contributed by atoms with Gasteiger partial charge >= 0.3 is 5.97 Å². The average molecular weight is 307 g/mol. The highest BCUT2D eigenvalue weighted by Gasteiger charge is 2.15. The summed E-state index contributed by atoms with van der Waals surface area (Å²) in [5.74, 6) is -1.31. The summed E-state index contributed by atoms with van der Waals surface area (Å²) in [6.07, 6.45) is 2.31. The maximum Gasteiger partial charge on any atom is 0.339 e. The van der Waals surface area contributed by atoms with Crippen LogP contribution in [0.25, 0.3) is 0 Å². The van der Waals surface area contributed by atoms with E-state index in [0.717, 1.165) is 6.20 Å². The Balaban J connectivity index is 2.22. The normalized spacial score (nSPS) is 11.8. The van der Waals surface area contributed by atoms with E-state index in [2.05, 4.69) is 9.97 Å². The molecule has 0 spiro atoms. The second-order valence-electron chi connectivity index (χ2n) is 3.93. The first-order valence-corrected chi connectivity index (χ1v) is 6.96. The van der Waals surface area contributed by atoms with Crippen LogP contribution in [0.1, 0.15) is 16.1 Å². The van der Waals surface area contributed by atoms with Crippen molar-refractivity contribution in [3.05, 3.63) is 58.2 Å². The van der Waals surface area contributed by atoms with Gasteiger partial charge in [-0.15, -0.1) is 0 Å². The van der Waals surface area contributed by atoms with Crippen LogP contribution < -0.4 is 0 Å². The van der Waals surface area contributed by atoms with Gasteiger partial charge in [0.2, 0.25) is 0 Å². The molecule has 1 heterocycles. The molecule has 0 radical (unpaired) electrons. The fourth-order valence-electron chi connectivity index (χ4n) is 1.58. The van der Waals surface area contributed by atoms with Gasteiger partial charge in [-0.25, -0.2) is 14.8 Å². The molecule has 108 valence electrons. The van der Waals surface area contributed by atoms with Gasteiger partial charge in [0.15, 0.2) is 0 Å². The number of nitrogens with zero attached hydrogens (tertiary/aromatic N) is 3. The molecular formula is C12H9N3O5S. The number of benzene rings is 1. The highest BCUT2D eigenvalue weighted by molar-refractivity contribution is 7.84. The summed E-state index contributed by atoms with van der Waals surface area (Å²) in [6, 6.07) is 5.22. The number of nitro groups is 1. The third kappa shape index (κ3) is 3.45. The monoisotopic (exact) mass is 307 g/mol. The third-order valence-corrected chi connectivity index (χ3v) is 3.94. The Hall–Kier alpha value is -2.68. The van der Waals surface area contributed by atoms with Crippen LogP contribution in [0.5, 0.6) is 0 Å². The Labute approximate surface area is 121 Å². The van der Waals surface area contributed by atoms with E-state index in [1.54, 1.807) is 0 Å². The van der Waals surface area contributed by atoms with Crippen molar-refractivity contribution in [3.63, 3.8) is 0 Å². The number of hydrogen-bond acceptors (Lipinski definition) is 6. The van der Waals surface area contributed by atoms with Crippen molar-refractivity contribution in [2.75, 3.05) is 0 Å². The summed E-state index contributed by atoms with van der Waals surface area (Å²) in [5.41, 5.74) is -0.0778. The molecule has 2 rings (SSSR count). The molecule has 0 fully saturated rings. The highest BCUT2D eigenvalue weighted by Crippen LogP contribution is 2.17.